The number of halogens is 1. The summed E-state index contributed by atoms with van der Waals surface area (Å²) in [6.45, 7) is 1.84. The first-order valence-electron chi connectivity index (χ1n) is 6.24. The van der Waals surface area contributed by atoms with Gasteiger partial charge in [-0.3, -0.25) is 4.79 Å². The lowest BCUT2D eigenvalue weighted by Gasteiger charge is -2.08. The Morgan fingerprint density at radius 2 is 1.71 bits per heavy atom. The molecular weight excluding hydrogens is 293 g/mol. The van der Waals surface area contributed by atoms with Crippen LogP contribution in [0.25, 0.3) is 0 Å². The van der Waals surface area contributed by atoms with Crippen LogP contribution in [-0.2, 0) is 21.2 Å². The van der Waals surface area contributed by atoms with Gasteiger partial charge in [0.1, 0.15) is 5.82 Å². The zero-order valence-electron chi connectivity index (χ0n) is 11.3. The van der Waals surface area contributed by atoms with Crippen molar-refractivity contribution in [3.05, 3.63) is 65.5 Å². The molecule has 1 N–H and O–H groups in total. The van der Waals surface area contributed by atoms with Crippen molar-refractivity contribution in [1.82, 2.24) is 4.72 Å². The Kier molecular flexibility index (Phi) is 4.37. The fourth-order valence-electron chi connectivity index (χ4n) is 1.84. The molecule has 0 radical (unpaired) electrons. The Morgan fingerprint density at radius 3 is 2.33 bits per heavy atom. The minimum Gasteiger partial charge on any atom is -0.274 e. The van der Waals surface area contributed by atoms with Crippen molar-refractivity contribution in [2.75, 3.05) is 0 Å². The molecule has 2 aromatic rings. The monoisotopic (exact) mass is 307 g/mol. The van der Waals surface area contributed by atoms with E-state index in [0.717, 1.165) is 35.4 Å². The van der Waals surface area contributed by atoms with E-state index in [9.17, 15) is 17.6 Å². The Labute approximate surface area is 122 Å². The Hall–Kier alpha value is -2.21. The average molecular weight is 307 g/mol. The van der Waals surface area contributed by atoms with E-state index in [0.29, 0.717) is 0 Å². The van der Waals surface area contributed by atoms with E-state index >= 15 is 0 Å². The maximum atomic E-state index is 12.8. The van der Waals surface area contributed by atoms with E-state index in [4.69, 9.17) is 0 Å². The van der Waals surface area contributed by atoms with Crippen LogP contribution >= 0.6 is 0 Å². The quantitative estimate of drug-likeness (QED) is 0.941. The molecule has 0 bridgehead atoms. The number of nitrogens with one attached hydrogen (secondary N) is 1. The van der Waals surface area contributed by atoms with Gasteiger partial charge in [-0.05, 0) is 42.3 Å². The van der Waals surface area contributed by atoms with E-state index in [1.54, 1.807) is 12.1 Å². The highest BCUT2D eigenvalue weighted by Crippen LogP contribution is 2.11. The number of hydrogen-bond donors (Lipinski definition) is 1. The SMILES string of the molecule is Cc1ccccc1CC(=O)NS(=O)(=O)c1ccc(F)cc1. The minimum atomic E-state index is -3.98. The van der Waals surface area contributed by atoms with Gasteiger partial charge in [0.05, 0.1) is 11.3 Å². The number of carbonyl (C=O) groups excluding carboxylic acids is 1. The second-order valence-corrected chi connectivity index (χ2v) is 6.27. The van der Waals surface area contributed by atoms with Gasteiger partial charge >= 0.3 is 0 Å². The maximum absolute atomic E-state index is 12.8. The molecule has 0 heterocycles. The van der Waals surface area contributed by atoms with Gasteiger partial charge in [-0.25, -0.2) is 17.5 Å². The largest absolute Gasteiger partial charge is 0.274 e. The second-order valence-electron chi connectivity index (χ2n) is 4.59. The summed E-state index contributed by atoms with van der Waals surface area (Å²) in [6.07, 6.45) is -0.0346. The number of aryl methyl sites for hydroxylation is 1. The summed E-state index contributed by atoms with van der Waals surface area (Å²) in [5.74, 6) is -1.17. The van der Waals surface area contributed by atoms with Crippen molar-refractivity contribution in [3.63, 3.8) is 0 Å². The van der Waals surface area contributed by atoms with Crippen molar-refractivity contribution >= 4 is 15.9 Å². The van der Waals surface area contributed by atoms with Gasteiger partial charge in [0.25, 0.3) is 10.0 Å². The van der Waals surface area contributed by atoms with Crippen LogP contribution in [0.2, 0.25) is 0 Å². The van der Waals surface area contributed by atoms with Crippen LogP contribution < -0.4 is 4.72 Å². The molecule has 0 aliphatic carbocycles. The molecule has 0 unspecified atom stereocenters. The van der Waals surface area contributed by atoms with Crippen molar-refractivity contribution < 1.29 is 17.6 Å². The number of carbonyl (C=O) groups is 1. The third-order valence-electron chi connectivity index (χ3n) is 2.98. The predicted molar refractivity (Wildman–Crippen MR) is 76.6 cm³/mol. The van der Waals surface area contributed by atoms with E-state index in [-0.39, 0.29) is 11.3 Å². The molecule has 0 atom stereocenters. The maximum Gasteiger partial charge on any atom is 0.264 e. The fraction of sp³-hybridized carbons (Fsp3) is 0.133. The number of sulfonamides is 1. The molecule has 0 spiro atoms. The summed E-state index contributed by atoms with van der Waals surface area (Å²) < 4.78 is 38.7. The fourth-order valence-corrected chi connectivity index (χ4v) is 2.82. The predicted octanol–water partition coefficient (Wildman–Crippen LogP) is 2.18. The van der Waals surface area contributed by atoms with E-state index < -0.39 is 21.7 Å². The van der Waals surface area contributed by atoms with Crippen LogP contribution in [0.4, 0.5) is 4.39 Å². The molecule has 110 valence electrons. The standard InChI is InChI=1S/C15H14FNO3S/c1-11-4-2-3-5-12(11)10-15(18)17-21(19,20)14-8-6-13(16)7-9-14/h2-9H,10H2,1H3,(H,17,18). The minimum absolute atomic E-state index is 0.0346. The average Bonchev–Trinajstić information content (AvgIpc) is 2.41. The number of rotatable bonds is 4. The topological polar surface area (TPSA) is 63.2 Å². The zero-order chi connectivity index (χ0) is 15.5. The lowest BCUT2D eigenvalue weighted by atomic mass is 10.1. The van der Waals surface area contributed by atoms with Gasteiger partial charge in [0, 0.05) is 0 Å². The molecular formula is C15H14FNO3S. The summed E-state index contributed by atoms with van der Waals surface area (Å²) in [4.78, 5) is 11.7. The number of hydrogen-bond acceptors (Lipinski definition) is 3. The van der Waals surface area contributed by atoms with Crippen LogP contribution in [0.1, 0.15) is 11.1 Å². The lowest BCUT2D eigenvalue weighted by molar-refractivity contribution is -0.118. The normalized spacial score (nSPS) is 11.1. The lowest BCUT2D eigenvalue weighted by Crippen LogP contribution is -2.31. The Balaban J connectivity index is 2.12. The highest BCUT2D eigenvalue weighted by molar-refractivity contribution is 7.90. The van der Waals surface area contributed by atoms with E-state index in [2.05, 4.69) is 0 Å². The van der Waals surface area contributed by atoms with Gasteiger partial charge in [-0.2, -0.15) is 0 Å². The summed E-state index contributed by atoms with van der Waals surface area (Å²) in [7, 11) is -3.98. The van der Waals surface area contributed by atoms with Crippen LogP contribution in [0.3, 0.4) is 0 Å². The Morgan fingerprint density at radius 1 is 1.10 bits per heavy atom. The van der Waals surface area contributed by atoms with E-state index in [1.807, 2.05) is 23.8 Å². The first-order valence-corrected chi connectivity index (χ1v) is 7.72. The molecule has 21 heavy (non-hydrogen) atoms. The van der Waals surface area contributed by atoms with Crippen LogP contribution in [0, 0.1) is 12.7 Å². The third-order valence-corrected chi connectivity index (χ3v) is 4.37. The highest BCUT2D eigenvalue weighted by atomic mass is 32.2. The molecule has 1 amide bonds. The first kappa shape index (κ1) is 15.2. The third kappa shape index (κ3) is 3.88. The molecule has 0 aliphatic rings. The molecule has 6 heteroatoms. The van der Waals surface area contributed by atoms with Gasteiger partial charge in [0.2, 0.25) is 5.91 Å². The van der Waals surface area contributed by atoms with Crippen LogP contribution in [0.15, 0.2) is 53.4 Å². The molecule has 0 aromatic heterocycles. The summed E-state index contributed by atoms with van der Waals surface area (Å²) in [6, 6.07) is 11.5. The van der Waals surface area contributed by atoms with Crippen LogP contribution in [0.5, 0.6) is 0 Å². The molecule has 0 saturated carbocycles. The van der Waals surface area contributed by atoms with Crippen molar-refractivity contribution in [3.8, 4) is 0 Å². The summed E-state index contributed by atoms with van der Waals surface area (Å²) >= 11 is 0. The molecule has 2 aromatic carbocycles. The number of amides is 1. The molecule has 4 nitrogen and oxygen atoms in total. The first-order chi connectivity index (χ1) is 9.88. The van der Waals surface area contributed by atoms with Gasteiger partial charge in [-0.1, -0.05) is 24.3 Å². The summed E-state index contributed by atoms with van der Waals surface area (Å²) in [5, 5.41) is 0. The van der Waals surface area contributed by atoms with Crippen molar-refractivity contribution in [2.24, 2.45) is 0 Å². The highest BCUT2D eigenvalue weighted by Gasteiger charge is 2.18. The van der Waals surface area contributed by atoms with Gasteiger partial charge < -0.3 is 0 Å². The summed E-state index contributed by atoms with van der Waals surface area (Å²) in [5.41, 5.74) is 1.66. The van der Waals surface area contributed by atoms with Crippen molar-refractivity contribution in [2.45, 2.75) is 18.2 Å². The van der Waals surface area contributed by atoms with Crippen molar-refractivity contribution in [1.29, 1.82) is 0 Å². The van der Waals surface area contributed by atoms with Gasteiger partial charge in [0.15, 0.2) is 0 Å². The van der Waals surface area contributed by atoms with Gasteiger partial charge in [-0.15, -0.1) is 0 Å². The molecule has 0 saturated heterocycles. The molecule has 2 rings (SSSR count). The van der Waals surface area contributed by atoms with Crippen LogP contribution in [-0.4, -0.2) is 14.3 Å². The Bertz CT molecular complexity index is 755. The number of benzene rings is 2. The second kappa shape index (κ2) is 6.05. The smallest absolute Gasteiger partial charge is 0.264 e. The molecule has 0 fully saturated rings. The molecule has 0 aliphatic heterocycles. The zero-order valence-corrected chi connectivity index (χ0v) is 12.2. The van der Waals surface area contributed by atoms with E-state index in [1.165, 1.54) is 0 Å².